The Bertz CT molecular complexity index is 1260. The van der Waals surface area contributed by atoms with Gasteiger partial charge in [0.25, 0.3) is 5.91 Å². The van der Waals surface area contributed by atoms with Crippen LogP contribution < -0.4 is 15.1 Å². The van der Waals surface area contributed by atoms with Crippen LogP contribution in [0.15, 0.2) is 36.0 Å². The maximum Gasteiger partial charge on any atom is 0.256 e. The lowest BCUT2D eigenvalue weighted by molar-refractivity contribution is -0.117. The van der Waals surface area contributed by atoms with Crippen molar-refractivity contribution in [3.8, 4) is 0 Å². The number of aromatic nitrogens is 2. The monoisotopic (exact) mass is 504 g/mol. The number of rotatable bonds is 5. The predicted octanol–water partition coefficient (Wildman–Crippen LogP) is 4.38. The third-order valence-electron chi connectivity index (χ3n) is 7.48. The molecule has 6 rings (SSSR count). The Balaban J connectivity index is 1.21. The summed E-state index contributed by atoms with van der Waals surface area (Å²) >= 11 is 1.66. The van der Waals surface area contributed by atoms with Crippen LogP contribution >= 0.6 is 11.3 Å². The Hall–Kier alpha value is -3.20. The predicted molar refractivity (Wildman–Crippen MR) is 144 cm³/mol. The molecule has 188 valence electrons. The molecule has 2 amide bonds. The second-order valence-corrected chi connectivity index (χ2v) is 10.9. The normalized spacial score (nSPS) is 18.8. The molecule has 0 unspecified atom stereocenters. The van der Waals surface area contributed by atoms with E-state index in [9.17, 15) is 9.59 Å². The summed E-state index contributed by atoms with van der Waals surface area (Å²) in [5.41, 5.74) is 3.45. The number of benzene rings is 1. The van der Waals surface area contributed by atoms with Crippen LogP contribution in [0, 0.1) is 5.92 Å². The summed E-state index contributed by atoms with van der Waals surface area (Å²) in [6.07, 6.45) is 8.27. The Kier molecular flexibility index (Phi) is 6.48. The third-order valence-corrected chi connectivity index (χ3v) is 8.38. The second-order valence-electron chi connectivity index (χ2n) is 10.0. The highest BCUT2D eigenvalue weighted by molar-refractivity contribution is 7.17. The van der Waals surface area contributed by atoms with Gasteiger partial charge in [0.1, 0.15) is 12.1 Å². The molecule has 3 fully saturated rings. The molecule has 36 heavy (non-hydrogen) atoms. The van der Waals surface area contributed by atoms with Gasteiger partial charge in [-0.3, -0.25) is 9.59 Å². The number of piperazine rings is 1. The fourth-order valence-corrected chi connectivity index (χ4v) is 6.11. The number of amides is 2. The molecule has 3 aliphatic rings. The molecule has 2 aromatic heterocycles. The fraction of sp³-hybridized carbons (Fsp3) is 0.481. The number of fused-ring (bicyclic) bond motifs is 1. The minimum absolute atomic E-state index is 0.0675. The van der Waals surface area contributed by atoms with Crippen LogP contribution in [0.1, 0.15) is 48.9 Å². The van der Waals surface area contributed by atoms with Gasteiger partial charge in [-0.1, -0.05) is 12.8 Å². The van der Waals surface area contributed by atoms with E-state index in [1.807, 2.05) is 34.5 Å². The molecule has 1 aliphatic carbocycles. The first kappa shape index (κ1) is 23.2. The third kappa shape index (κ3) is 4.76. The van der Waals surface area contributed by atoms with E-state index >= 15 is 0 Å². The van der Waals surface area contributed by atoms with Crippen LogP contribution in [0.4, 0.5) is 17.2 Å². The highest BCUT2D eigenvalue weighted by Crippen LogP contribution is 2.33. The smallest absolute Gasteiger partial charge is 0.256 e. The van der Waals surface area contributed by atoms with E-state index < -0.39 is 0 Å². The number of anilines is 3. The molecule has 3 aromatic rings. The van der Waals surface area contributed by atoms with Crippen LogP contribution in [0.3, 0.4) is 0 Å². The SMILES string of the molecule is O=C(Nc1ccc(C(=O)N2CCN(c3ncnc4ccsc34)CC2)c(N2CCCCCC2)c1)C1CC1. The summed E-state index contributed by atoms with van der Waals surface area (Å²) in [7, 11) is 0. The molecule has 1 saturated carbocycles. The van der Waals surface area contributed by atoms with Crippen molar-refractivity contribution in [1.82, 2.24) is 14.9 Å². The van der Waals surface area contributed by atoms with Crippen LogP contribution in [-0.2, 0) is 4.79 Å². The summed E-state index contributed by atoms with van der Waals surface area (Å²) in [6, 6.07) is 7.84. The number of carbonyl (C=O) groups is 2. The first-order chi connectivity index (χ1) is 17.7. The molecule has 9 heteroatoms. The summed E-state index contributed by atoms with van der Waals surface area (Å²) in [5, 5.41) is 5.12. The van der Waals surface area contributed by atoms with Crippen LogP contribution in [0.25, 0.3) is 10.2 Å². The average molecular weight is 505 g/mol. The van der Waals surface area contributed by atoms with Gasteiger partial charge >= 0.3 is 0 Å². The zero-order valence-corrected chi connectivity index (χ0v) is 21.3. The zero-order valence-electron chi connectivity index (χ0n) is 20.5. The van der Waals surface area contributed by atoms with Crippen molar-refractivity contribution in [2.24, 2.45) is 5.92 Å². The zero-order chi connectivity index (χ0) is 24.5. The molecule has 1 aromatic carbocycles. The van der Waals surface area contributed by atoms with Crippen molar-refractivity contribution >= 4 is 50.6 Å². The van der Waals surface area contributed by atoms with E-state index in [1.54, 1.807) is 17.7 Å². The van der Waals surface area contributed by atoms with Gasteiger partial charge in [0, 0.05) is 50.9 Å². The van der Waals surface area contributed by atoms with Gasteiger partial charge < -0.3 is 20.0 Å². The molecule has 2 aliphatic heterocycles. The van der Waals surface area contributed by atoms with E-state index in [4.69, 9.17) is 0 Å². The topological polar surface area (TPSA) is 81.7 Å². The molecule has 8 nitrogen and oxygen atoms in total. The van der Waals surface area contributed by atoms with Crippen molar-refractivity contribution in [3.63, 3.8) is 0 Å². The number of nitrogens with one attached hydrogen (secondary N) is 1. The molecule has 0 bridgehead atoms. The van der Waals surface area contributed by atoms with Crippen LogP contribution in [0.5, 0.6) is 0 Å². The Labute approximate surface area is 215 Å². The minimum Gasteiger partial charge on any atom is -0.371 e. The van der Waals surface area contributed by atoms with Gasteiger partial charge in [0.2, 0.25) is 5.91 Å². The molecular formula is C27H32N6O2S. The van der Waals surface area contributed by atoms with Gasteiger partial charge in [-0.15, -0.1) is 11.3 Å². The largest absolute Gasteiger partial charge is 0.371 e. The lowest BCUT2D eigenvalue weighted by Crippen LogP contribution is -2.49. The minimum atomic E-state index is 0.0675. The number of hydrogen-bond donors (Lipinski definition) is 1. The van der Waals surface area contributed by atoms with E-state index in [2.05, 4.69) is 25.1 Å². The maximum atomic E-state index is 13.8. The summed E-state index contributed by atoms with van der Waals surface area (Å²) in [4.78, 5) is 41.6. The van der Waals surface area contributed by atoms with Gasteiger partial charge in [0.05, 0.1) is 21.5 Å². The summed E-state index contributed by atoms with van der Waals surface area (Å²) < 4.78 is 1.10. The first-order valence-corrected chi connectivity index (χ1v) is 14.0. The van der Waals surface area contributed by atoms with Crippen molar-refractivity contribution in [1.29, 1.82) is 0 Å². The molecule has 4 heterocycles. The highest BCUT2D eigenvalue weighted by Gasteiger charge is 2.31. The van der Waals surface area contributed by atoms with E-state index in [0.717, 1.165) is 84.8 Å². The maximum absolute atomic E-state index is 13.8. The van der Waals surface area contributed by atoms with Crippen molar-refractivity contribution in [2.75, 3.05) is 54.4 Å². The lowest BCUT2D eigenvalue weighted by Gasteiger charge is -2.36. The molecule has 0 radical (unpaired) electrons. The molecule has 2 saturated heterocycles. The van der Waals surface area contributed by atoms with E-state index in [-0.39, 0.29) is 17.7 Å². The van der Waals surface area contributed by atoms with Gasteiger partial charge in [-0.05, 0) is 55.3 Å². The number of thiophene rings is 1. The summed E-state index contributed by atoms with van der Waals surface area (Å²) in [6.45, 7) is 4.66. The van der Waals surface area contributed by atoms with Gasteiger partial charge in [0.15, 0.2) is 0 Å². The fourth-order valence-electron chi connectivity index (χ4n) is 5.25. The van der Waals surface area contributed by atoms with E-state index in [0.29, 0.717) is 13.1 Å². The van der Waals surface area contributed by atoms with Gasteiger partial charge in [-0.25, -0.2) is 9.97 Å². The van der Waals surface area contributed by atoms with Crippen molar-refractivity contribution in [2.45, 2.75) is 38.5 Å². The number of hydrogen-bond acceptors (Lipinski definition) is 7. The van der Waals surface area contributed by atoms with E-state index in [1.165, 1.54) is 12.8 Å². The number of carbonyl (C=O) groups excluding carboxylic acids is 2. The first-order valence-electron chi connectivity index (χ1n) is 13.1. The Morgan fingerprint density at radius 3 is 2.42 bits per heavy atom. The second kappa shape index (κ2) is 10.0. The Morgan fingerprint density at radius 2 is 1.67 bits per heavy atom. The molecule has 0 atom stereocenters. The Morgan fingerprint density at radius 1 is 0.889 bits per heavy atom. The lowest BCUT2D eigenvalue weighted by atomic mass is 10.1. The highest BCUT2D eigenvalue weighted by atomic mass is 32.1. The number of nitrogens with zero attached hydrogens (tertiary/aromatic N) is 5. The van der Waals surface area contributed by atoms with Crippen molar-refractivity contribution in [3.05, 3.63) is 41.5 Å². The standard InChI is InChI=1S/C27H32N6O2S/c34-26(19-5-6-19)30-20-7-8-21(23(17-20)31-10-3-1-2-4-11-31)27(35)33-14-12-32(13-15-33)25-24-22(9-16-36-24)28-18-29-25/h7-9,16-19H,1-6,10-15H2,(H,30,34). The average Bonchev–Trinajstić information content (AvgIpc) is 3.71. The van der Waals surface area contributed by atoms with Crippen LogP contribution in [-0.4, -0.2) is 66.0 Å². The molecular weight excluding hydrogens is 472 g/mol. The molecule has 1 N–H and O–H groups in total. The molecule has 0 spiro atoms. The summed E-state index contributed by atoms with van der Waals surface area (Å²) in [5.74, 6) is 1.27. The quantitative estimate of drug-likeness (QED) is 0.555. The van der Waals surface area contributed by atoms with Gasteiger partial charge in [-0.2, -0.15) is 0 Å². The van der Waals surface area contributed by atoms with Crippen molar-refractivity contribution < 1.29 is 9.59 Å². The van der Waals surface area contributed by atoms with Crippen LogP contribution in [0.2, 0.25) is 0 Å².